The molecule has 0 bridgehead atoms. The summed E-state index contributed by atoms with van der Waals surface area (Å²) in [6.07, 6.45) is 2.01. The zero-order valence-corrected chi connectivity index (χ0v) is 9.70. The Bertz CT molecular complexity index is 436. The van der Waals surface area contributed by atoms with Crippen molar-refractivity contribution in [1.82, 2.24) is 0 Å². The molecule has 0 aromatic heterocycles. The summed E-state index contributed by atoms with van der Waals surface area (Å²) in [4.78, 5) is 0. The largest absolute Gasteiger partial charge is 0.385 e. The number of benzene rings is 2. The van der Waals surface area contributed by atoms with E-state index in [0.717, 1.165) is 25.1 Å². The normalized spacial score (nSPS) is 10.2. The van der Waals surface area contributed by atoms with Crippen LogP contribution in [0.2, 0.25) is 0 Å². The molecule has 2 aromatic carbocycles. The highest BCUT2D eigenvalue weighted by molar-refractivity contribution is 5.42. The highest BCUT2D eigenvalue weighted by Gasteiger charge is 1.94. The SMILES string of the molecule is Fc1ccc(CCCNc2ccccc2)cc1. The van der Waals surface area contributed by atoms with Crippen LogP contribution in [0.4, 0.5) is 10.1 Å². The molecule has 0 unspecified atom stereocenters. The van der Waals surface area contributed by atoms with Crippen LogP contribution in [0.1, 0.15) is 12.0 Å². The maximum Gasteiger partial charge on any atom is 0.123 e. The van der Waals surface area contributed by atoms with Gasteiger partial charge in [-0.1, -0.05) is 30.3 Å². The van der Waals surface area contributed by atoms with Gasteiger partial charge in [0, 0.05) is 12.2 Å². The lowest BCUT2D eigenvalue weighted by Gasteiger charge is -2.06. The number of hydrogen-bond acceptors (Lipinski definition) is 1. The summed E-state index contributed by atoms with van der Waals surface area (Å²) >= 11 is 0. The molecule has 0 atom stereocenters. The number of halogens is 1. The van der Waals surface area contributed by atoms with Crippen molar-refractivity contribution >= 4 is 5.69 Å². The molecular formula is C15H16FN. The minimum atomic E-state index is -0.170. The quantitative estimate of drug-likeness (QED) is 0.767. The fourth-order valence-corrected chi connectivity index (χ4v) is 1.73. The molecule has 0 heterocycles. The van der Waals surface area contributed by atoms with Crippen LogP contribution in [0.5, 0.6) is 0 Å². The summed E-state index contributed by atoms with van der Waals surface area (Å²) in [6, 6.07) is 16.9. The van der Waals surface area contributed by atoms with Crippen molar-refractivity contribution in [1.29, 1.82) is 0 Å². The molecule has 2 rings (SSSR count). The molecule has 0 aliphatic rings. The van der Waals surface area contributed by atoms with Gasteiger partial charge in [0.05, 0.1) is 0 Å². The highest BCUT2D eigenvalue weighted by atomic mass is 19.1. The van der Waals surface area contributed by atoms with Gasteiger partial charge in [0.25, 0.3) is 0 Å². The third-order valence-corrected chi connectivity index (χ3v) is 2.66. The predicted molar refractivity (Wildman–Crippen MR) is 69.7 cm³/mol. The Morgan fingerprint density at radius 3 is 2.29 bits per heavy atom. The Labute approximate surface area is 101 Å². The van der Waals surface area contributed by atoms with Crippen LogP contribution in [0.3, 0.4) is 0 Å². The maximum atomic E-state index is 12.7. The van der Waals surface area contributed by atoms with Gasteiger partial charge in [-0.25, -0.2) is 4.39 Å². The standard InChI is InChI=1S/C15H16FN/c16-14-10-8-13(9-11-14)5-4-12-17-15-6-2-1-3-7-15/h1-3,6-11,17H,4-5,12H2. The molecule has 0 radical (unpaired) electrons. The first-order chi connectivity index (χ1) is 8.34. The van der Waals surface area contributed by atoms with Gasteiger partial charge in [-0.3, -0.25) is 0 Å². The third-order valence-electron chi connectivity index (χ3n) is 2.66. The Hall–Kier alpha value is -1.83. The number of hydrogen-bond donors (Lipinski definition) is 1. The number of anilines is 1. The van der Waals surface area contributed by atoms with Gasteiger partial charge in [0.2, 0.25) is 0 Å². The summed E-state index contributed by atoms with van der Waals surface area (Å²) in [6.45, 7) is 0.932. The molecule has 0 amide bonds. The van der Waals surface area contributed by atoms with Crippen molar-refractivity contribution in [2.24, 2.45) is 0 Å². The van der Waals surface area contributed by atoms with E-state index in [-0.39, 0.29) is 5.82 Å². The summed E-state index contributed by atoms with van der Waals surface area (Å²) in [7, 11) is 0. The van der Waals surface area contributed by atoms with Crippen molar-refractivity contribution in [3.05, 3.63) is 66.0 Å². The van der Waals surface area contributed by atoms with Crippen molar-refractivity contribution in [3.8, 4) is 0 Å². The van der Waals surface area contributed by atoms with Crippen molar-refractivity contribution in [2.75, 3.05) is 11.9 Å². The zero-order chi connectivity index (χ0) is 11.9. The molecule has 88 valence electrons. The maximum absolute atomic E-state index is 12.7. The van der Waals surface area contributed by atoms with Gasteiger partial charge >= 0.3 is 0 Å². The van der Waals surface area contributed by atoms with Crippen molar-refractivity contribution < 1.29 is 4.39 Å². The highest BCUT2D eigenvalue weighted by Crippen LogP contribution is 2.07. The number of rotatable bonds is 5. The first-order valence-electron chi connectivity index (χ1n) is 5.88. The summed E-state index contributed by atoms with van der Waals surface area (Å²) < 4.78 is 12.7. The number of aryl methyl sites for hydroxylation is 1. The number of nitrogens with one attached hydrogen (secondary N) is 1. The molecule has 1 nitrogen and oxygen atoms in total. The smallest absolute Gasteiger partial charge is 0.123 e. The van der Waals surface area contributed by atoms with E-state index in [1.165, 1.54) is 17.7 Å². The second-order valence-corrected chi connectivity index (χ2v) is 4.02. The molecule has 0 saturated heterocycles. The van der Waals surface area contributed by atoms with Crippen molar-refractivity contribution in [3.63, 3.8) is 0 Å². The first kappa shape index (κ1) is 11.6. The van der Waals surface area contributed by atoms with Gasteiger partial charge in [-0.2, -0.15) is 0 Å². The Kier molecular flexibility index (Phi) is 4.14. The fraction of sp³-hybridized carbons (Fsp3) is 0.200. The Balaban J connectivity index is 1.71. The van der Waals surface area contributed by atoms with E-state index in [4.69, 9.17) is 0 Å². The van der Waals surface area contributed by atoms with Gasteiger partial charge in [0.1, 0.15) is 5.82 Å². The second-order valence-electron chi connectivity index (χ2n) is 4.02. The van der Waals surface area contributed by atoms with Gasteiger partial charge in [-0.15, -0.1) is 0 Å². The van der Waals surface area contributed by atoms with E-state index < -0.39 is 0 Å². The molecule has 0 saturated carbocycles. The van der Waals surface area contributed by atoms with Gasteiger partial charge in [0.15, 0.2) is 0 Å². The van der Waals surface area contributed by atoms with Gasteiger partial charge in [-0.05, 0) is 42.7 Å². The zero-order valence-electron chi connectivity index (χ0n) is 9.70. The second kappa shape index (κ2) is 6.04. The molecular weight excluding hydrogens is 213 g/mol. The lowest BCUT2D eigenvalue weighted by atomic mass is 10.1. The Morgan fingerprint density at radius 2 is 1.59 bits per heavy atom. The van der Waals surface area contributed by atoms with E-state index in [1.54, 1.807) is 0 Å². The fourth-order valence-electron chi connectivity index (χ4n) is 1.73. The lowest BCUT2D eigenvalue weighted by molar-refractivity contribution is 0.626. The summed E-state index contributed by atoms with van der Waals surface area (Å²) in [5, 5.41) is 3.35. The van der Waals surface area contributed by atoms with Gasteiger partial charge < -0.3 is 5.32 Å². The molecule has 17 heavy (non-hydrogen) atoms. The van der Waals surface area contributed by atoms with Crippen LogP contribution in [0, 0.1) is 5.82 Å². The molecule has 0 aliphatic heterocycles. The van der Waals surface area contributed by atoms with Crippen LogP contribution in [0.15, 0.2) is 54.6 Å². The van der Waals surface area contributed by atoms with E-state index in [0.29, 0.717) is 0 Å². The van der Waals surface area contributed by atoms with Crippen LogP contribution in [-0.2, 0) is 6.42 Å². The third kappa shape index (κ3) is 3.91. The predicted octanol–water partition coefficient (Wildman–Crippen LogP) is 3.87. The molecule has 2 heteroatoms. The first-order valence-corrected chi connectivity index (χ1v) is 5.88. The van der Waals surface area contributed by atoms with Crippen LogP contribution in [0.25, 0.3) is 0 Å². The topological polar surface area (TPSA) is 12.0 Å². The Morgan fingerprint density at radius 1 is 0.882 bits per heavy atom. The van der Waals surface area contributed by atoms with E-state index in [9.17, 15) is 4.39 Å². The number of para-hydroxylation sites is 1. The van der Waals surface area contributed by atoms with E-state index in [2.05, 4.69) is 17.4 Å². The lowest BCUT2D eigenvalue weighted by Crippen LogP contribution is -2.02. The van der Waals surface area contributed by atoms with Crippen molar-refractivity contribution in [2.45, 2.75) is 12.8 Å². The molecule has 0 aliphatic carbocycles. The molecule has 0 fully saturated rings. The monoisotopic (exact) mass is 229 g/mol. The minimum absolute atomic E-state index is 0.170. The molecule has 2 aromatic rings. The average Bonchev–Trinajstić information content (AvgIpc) is 2.38. The van der Waals surface area contributed by atoms with E-state index >= 15 is 0 Å². The van der Waals surface area contributed by atoms with Crippen LogP contribution < -0.4 is 5.32 Å². The minimum Gasteiger partial charge on any atom is -0.385 e. The van der Waals surface area contributed by atoms with E-state index in [1.807, 2.05) is 30.3 Å². The molecule has 0 spiro atoms. The summed E-state index contributed by atoms with van der Waals surface area (Å²) in [5.74, 6) is -0.170. The average molecular weight is 229 g/mol. The summed E-state index contributed by atoms with van der Waals surface area (Å²) in [5.41, 5.74) is 2.33. The molecule has 1 N–H and O–H groups in total. The van der Waals surface area contributed by atoms with Crippen LogP contribution in [-0.4, -0.2) is 6.54 Å². The van der Waals surface area contributed by atoms with Crippen LogP contribution >= 0.6 is 0 Å².